The standard InChI is InChI=1S/C8H15NO3/c1-2-3-4-5-8(10)6-7-9(11)12/h2-7H2,1H3. The second-order valence-electron chi connectivity index (χ2n) is 2.80. The first-order valence-corrected chi connectivity index (χ1v) is 4.30. The fourth-order valence-electron chi connectivity index (χ4n) is 0.913. The Morgan fingerprint density at radius 1 is 1.33 bits per heavy atom. The van der Waals surface area contributed by atoms with Crippen LogP contribution in [-0.2, 0) is 4.79 Å². The van der Waals surface area contributed by atoms with Crippen molar-refractivity contribution in [2.45, 2.75) is 39.0 Å². The number of hydrogen-bond donors (Lipinski definition) is 0. The van der Waals surface area contributed by atoms with Crippen molar-refractivity contribution in [1.82, 2.24) is 0 Å². The Labute approximate surface area is 72.1 Å². The fourth-order valence-corrected chi connectivity index (χ4v) is 0.913. The first-order chi connectivity index (χ1) is 5.66. The number of unbranched alkanes of at least 4 members (excludes halogenated alkanes) is 2. The van der Waals surface area contributed by atoms with Gasteiger partial charge in [0.2, 0.25) is 6.54 Å². The molecule has 4 heteroatoms. The van der Waals surface area contributed by atoms with Gasteiger partial charge >= 0.3 is 0 Å². The van der Waals surface area contributed by atoms with Crippen LogP contribution in [0.2, 0.25) is 0 Å². The number of nitro groups is 1. The summed E-state index contributed by atoms with van der Waals surface area (Å²) in [5.74, 6) is 0.0140. The summed E-state index contributed by atoms with van der Waals surface area (Å²) in [6, 6.07) is 0. The molecule has 0 spiro atoms. The van der Waals surface area contributed by atoms with Crippen molar-refractivity contribution in [3.63, 3.8) is 0 Å². The normalized spacial score (nSPS) is 9.75. The molecule has 0 aromatic heterocycles. The molecule has 0 radical (unpaired) electrons. The zero-order valence-electron chi connectivity index (χ0n) is 7.41. The zero-order valence-corrected chi connectivity index (χ0v) is 7.41. The van der Waals surface area contributed by atoms with Gasteiger partial charge in [0.25, 0.3) is 0 Å². The lowest BCUT2D eigenvalue weighted by molar-refractivity contribution is -0.478. The van der Waals surface area contributed by atoms with E-state index in [1.807, 2.05) is 0 Å². The first-order valence-electron chi connectivity index (χ1n) is 4.30. The Hall–Kier alpha value is -0.930. The maximum Gasteiger partial charge on any atom is 0.210 e. The van der Waals surface area contributed by atoms with Gasteiger partial charge in [-0.25, -0.2) is 0 Å². The minimum absolute atomic E-state index is 0.0140. The smallest absolute Gasteiger partial charge is 0.210 e. The number of carbonyl (C=O) groups excluding carboxylic acids is 1. The van der Waals surface area contributed by atoms with Crippen LogP contribution in [0, 0.1) is 10.1 Å². The zero-order chi connectivity index (χ0) is 9.40. The van der Waals surface area contributed by atoms with Gasteiger partial charge in [0.05, 0.1) is 6.42 Å². The van der Waals surface area contributed by atoms with Crippen LogP contribution in [-0.4, -0.2) is 17.3 Å². The van der Waals surface area contributed by atoms with Gasteiger partial charge < -0.3 is 0 Å². The van der Waals surface area contributed by atoms with Crippen molar-refractivity contribution in [2.24, 2.45) is 0 Å². The van der Waals surface area contributed by atoms with Crippen LogP contribution >= 0.6 is 0 Å². The number of nitrogens with zero attached hydrogens (tertiary/aromatic N) is 1. The number of carbonyl (C=O) groups is 1. The van der Waals surface area contributed by atoms with E-state index in [4.69, 9.17) is 0 Å². The highest BCUT2D eigenvalue weighted by atomic mass is 16.6. The van der Waals surface area contributed by atoms with Crippen molar-refractivity contribution in [3.05, 3.63) is 10.1 Å². The Morgan fingerprint density at radius 2 is 2.00 bits per heavy atom. The van der Waals surface area contributed by atoms with E-state index in [0.717, 1.165) is 19.3 Å². The molecule has 4 nitrogen and oxygen atoms in total. The second-order valence-corrected chi connectivity index (χ2v) is 2.80. The van der Waals surface area contributed by atoms with Crippen LogP contribution in [0.5, 0.6) is 0 Å². The minimum atomic E-state index is -0.447. The van der Waals surface area contributed by atoms with Crippen molar-refractivity contribution in [2.75, 3.05) is 6.54 Å². The van der Waals surface area contributed by atoms with Crippen LogP contribution in [0.4, 0.5) is 0 Å². The molecule has 12 heavy (non-hydrogen) atoms. The molecule has 0 aliphatic heterocycles. The van der Waals surface area contributed by atoms with Crippen LogP contribution in [0.3, 0.4) is 0 Å². The van der Waals surface area contributed by atoms with E-state index < -0.39 is 4.92 Å². The molecule has 0 aliphatic carbocycles. The molecule has 0 heterocycles. The topological polar surface area (TPSA) is 60.2 Å². The minimum Gasteiger partial charge on any atom is -0.299 e. The molecule has 0 N–H and O–H groups in total. The third-order valence-electron chi connectivity index (χ3n) is 1.63. The predicted molar refractivity (Wildman–Crippen MR) is 45.6 cm³/mol. The second kappa shape index (κ2) is 6.76. The lowest BCUT2D eigenvalue weighted by Gasteiger charge is -1.96. The molecule has 0 aliphatic rings. The molecular formula is C8H15NO3. The highest BCUT2D eigenvalue weighted by molar-refractivity contribution is 5.78. The van der Waals surface area contributed by atoms with E-state index in [9.17, 15) is 14.9 Å². The molecule has 0 amide bonds. The van der Waals surface area contributed by atoms with Gasteiger partial charge in [0.1, 0.15) is 5.78 Å². The Balaban J connectivity index is 3.28. The van der Waals surface area contributed by atoms with E-state index in [2.05, 4.69) is 6.92 Å². The summed E-state index contributed by atoms with van der Waals surface area (Å²) in [5, 5.41) is 9.89. The summed E-state index contributed by atoms with van der Waals surface area (Å²) in [4.78, 5) is 20.4. The van der Waals surface area contributed by atoms with Crippen molar-refractivity contribution in [1.29, 1.82) is 0 Å². The summed E-state index contributed by atoms with van der Waals surface area (Å²) < 4.78 is 0. The van der Waals surface area contributed by atoms with Crippen LogP contribution in [0.25, 0.3) is 0 Å². The molecule has 0 aromatic carbocycles. The summed E-state index contributed by atoms with van der Waals surface area (Å²) in [6.07, 6.45) is 3.57. The predicted octanol–water partition coefficient (Wildman–Crippen LogP) is 1.80. The summed E-state index contributed by atoms with van der Waals surface area (Å²) in [5.41, 5.74) is 0. The average Bonchev–Trinajstić information content (AvgIpc) is 2.01. The number of Topliss-reactive ketones (excluding diaryl/α,β-unsaturated/α-hetero) is 1. The van der Waals surface area contributed by atoms with Gasteiger partial charge in [-0.3, -0.25) is 14.9 Å². The molecule has 0 fully saturated rings. The molecular weight excluding hydrogens is 158 g/mol. The van der Waals surface area contributed by atoms with E-state index >= 15 is 0 Å². The SMILES string of the molecule is CCCCCC(=O)CC[N+](=O)[O-]. The van der Waals surface area contributed by atoms with Crippen molar-refractivity contribution < 1.29 is 9.72 Å². The third kappa shape index (κ3) is 7.18. The van der Waals surface area contributed by atoms with Crippen LogP contribution in [0.15, 0.2) is 0 Å². The van der Waals surface area contributed by atoms with E-state index in [0.29, 0.717) is 6.42 Å². The Bertz CT molecular complexity index is 156. The molecule has 70 valence electrons. The van der Waals surface area contributed by atoms with E-state index in [1.54, 1.807) is 0 Å². The van der Waals surface area contributed by atoms with Gasteiger partial charge in [-0.05, 0) is 6.42 Å². The number of hydrogen-bond acceptors (Lipinski definition) is 3. The Morgan fingerprint density at radius 3 is 2.50 bits per heavy atom. The monoisotopic (exact) mass is 173 g/mol. The molecule has 0 atom stereocenters. The molecule has 0 rings (SSSR count). The Kier molecular flexibility index (Phi) is 6.24. The molecule has 0 saturated heterocycles. The highest BCUT2D eigenvalue weighted by Gasteiger charge is 2.05. The van der Waals surface area contributed by atoms with Gasteiger partial charge in [0.15, 0.2) is 0 Å². The quantitative estimate of drug-likeness (QED) is 0.335. The maximum absolute atomic E-state index is 10.9. The number of rotatable bonds is 7. The molecule has 0 unspecified atom stereocenters. The number of ketones is 1. The van der Waals surface area contributed by atoms with Crippen LogP contribution < -0.4 is 0 Å². The molecule has 0 saturated carbocycles. The average molecular weight is 173 g/mol. The van der Waals surface area contributed by atoms with Crippen molar-refractivity contribution in [3.8, 4) is 0 Å². The summed E-state index contributed by atoms with van der Waals surface area (Å²) >= 11 is 0. The van der Waals surface area contributed by atoms with Crippen molar-refractivity contribution >= 4 is 5.78 Å². The van der Waals surface area contributed by atoms with Gasteiger partial charge in [-0.15, -0.1) is 0 Å². The van der Waals surface area contributed by atoms with Gasteiger partial charge in [-0.1, -0.05) is 19.8 Å². The lowest BCUT2D eigenvalue weighted by Crippen LogP contribution is -2.07. The fraction of sp³-hybridized carbons (Fsp3) is 0.875. The van der Waals surface area contributed by atoms with Crippen LogP contribution in [0.1, 0.15) is 39.0 Å². The third-order valence-corrected chi connectivity index (χ3v) is 1.63. The lowest BCUT2D eigenvalue weighted by atomic mass is 10.1. The van der Waals surface area contributed by atoms with E-state index in [1.165, 1.54) is 0 Å². The maximum atomic E-state index is 10.9. The first kappa shape index (κ1) is 11.1. The summed E-state index contributed by atoms with van der Waals surface area (Å²) in [6.45, 7) is 1.84. The highest BCUT2D eigenvalue weighted by Crippen LogP contribution is 2.01. The van der Waals surface area contributed by atoms with Gasteiger partial charge in [-0.2, -0.15) is 0 Å². The molecule has 0 aromatic rings. The van der Waals surface area contributed by atoms with Gasteiger partial charge in [0, 0.05) is 11.3 Å². The summed E-state index contributed by atoms with van der Waals surface area (Å²) in [7, 11) is 0. The largest absolute Gasteiger partial charge is 0.299 e. The van der Waals surface area contributed by atoms with E-state index in [-0.39, 0.29) is 18.7 Å². The molecule has 0 bridgehead atoms.